The molecule has 3 aliphatic rings. The fourth-order valence-corrected chi connectivity index (χ4v) is 3.43. The highest BCUT2D eigenvalue weighted by molar-refractivity contribution is 5.80. The molecule has 1 amide bonds. The van der Waals surface area contributed by atoms with Gasteiger partial charge in [-0.25, -0.2) is 0 Å². The number of rotatable bonds is 4. The summed E-state index contributed by atoms with van der Waals surface area (Å²) in [5, 5.41) is 10.0. The molecule has 1 N–H and O–H groups in total. The van der Waals surface area contributed by atoms with Crippen LogP contribution in [0.1, 0.15) is 58.3 Å². The number of likely N-dealkylation sites (tertiary alicyclic amines) is 1. The van der Waals surface area contributed by atoms with E-state index in [0.717, 1.165) is 51.6 Å². The van der Waals surface area contributed by atoms with Crippen LogP contribution in [0.15, 0.2) is 11.8 Å². The van der Waals surface area contributed by atoms with Crippen molar-refractivity contribution in [3.8, 4) is 0 Å². The lowest BCUT2D eigenvalue weighted by Crippen LogP contribution is -2.47. The van der Waals surface area contributed by atoms with Crippen molar-refractivity contribution in [1.29, 1.82) is 0 Å². The van der Waals surface area contributed by atoms with E-state index in [1.807, 2.05) is 6.92 Å². The summed E-state index contributed by atoms with van der Waals surface area (Å²) < 4.78 is 0. The molecule has 4 heteroatoms. The van der Waals surface area contributed by atoms with Gasteiger partial charge in [0.1, 0.15) is 0 Å². The summed E-state index contributed by atoms with van der Waals surface area (Å²) in [7, 11) is 0. The highest BCUT2D eigenvalue weighted by Gasteiger charge is 2.36. The van der Waals surface area contributed by atoms with Crippen LogP contribution < -0.4 is 0 Å². The molecule has 1 saturated heterocycles. The zero-order chi connectivity index (χ0) is 14.9. The third-order valence-corrected chi connectivity index (χ3v) is 5.05. The molecule has 0 bridgehead atoms. The minimum atomic E-state index is -0.540. The molecule has 1 aliphatic heterocycles. The van der Waals surface area contributed by atoms with Crippen molar-refractivity contribution in [2.75, 3.05) is 19.6 Å². The van der Waals surface area contributed by atoms with Crippen molar-refractivity contribution in [3.05, 3.63) is 11.8 Å². The number of allylic oxidation sites excluding steroid dienone is 2. The zero-order valence-electron chi connectivity index (χ0n) is 13.2. The van der Waals surface area contributed by atoms with Gasteiger partial charge in [0.25, 0.3) is 0 Å². The van der Waals surface area contributed by atoms with E-state index in [9.17, 15) is 9.90 Å². The number of hydrogen-bond acceptors (Lipinski definition) is 3. The third-order valence-electron chi connectivity index (χ3n) is 5.05. The maximum atomic E-state index is 12.7. The van der Waals surface area contributed by atoms with Crippen LogP contribution >= 0.6 is 0 Å². The lowest BCUT2D eigenvalue weighted by Gasteiger charge is -2.37. The lowest BCUT2D eigenvalue weighted by molar-refractivity contribution is -0.132. The molecule has 0 atom stereocenters. The van der Waals surface area contributed by atoms with Gasteiger partial charge in [0.05, 0.1) is 12.1 Å². The predicted molar refractivity (Wildman–Crippen MR) is 82.7 cm³/mol. The predicted octanol–water partition coefficient (Wildman–Crippen LogP) is 2.28. The Bertz CT molecular complexity index is 417. The SMILES string of the molecule is CC1(O)CCN(CC(=O)N(C2=CCCCC2)C2CC2)CC1. The zero-order valence-corrected chi connectivity index (χ0v) is 13.2. The first kappa shape index (κ1) is 15.0. The first-order valence-corrected chi connectivity index (χ1v) is 8.51. The smallest absolute Gasteiger partial charge is 0.241 e. The van der Waals surface area contributed by atoms with Crippen LogP contribution in [0.25, 0.3) is 0 Å². The molecule has 4 nitrogen and oxygen atoms in total. The van der Waals surface area contributed by atoms with Gasteiger partial charge >= 0.3 is 0 Å². The first-order valence-electron chi connectivity index (χ1n) is 8.51. The Balaban J connectivity index is 1.59. The number of nitrogens with zero attached hydrogens (tertiary/aromatic N) is 2. The van der Waals surface area contributed by atoms with Crippen molar-refractivity contribution in [1.82, 2.24) is 9.80 Å². The van der Waals surface area contributed by atoms with Crippen molar-refractivity contribution >= 4 is 5.91 Å². The molecule has 0 radical (unpaired) electrons. The van der Waals surface area contributed by atoms with Gasteiger partial charge < -0.3 is 10.0 Å². The molecular formula is C17H28N2O2. The summed E-state index contributed by atoms with van der Waals surface area (Å²) in [5.74, 6) is 0.271. The van der Waals surface area contributed by atoms with Gasteiger partial charge in [0.2, 0.25) is 5.91 Å². The summed E-state index contributed by atoms with van der Waals surface area (Å²) >= 11 is 0. The number of carbonyl (C=O) groups excluding carboxylic acids is 1. The molecule has 0 unspecified atom stereocenters. The Labute approximate surface area is 127 Å². The Hall–Kier alpha value is -0.870. The van der Waals surface area contributed by atoms with Crippen LogP contribution in [0.3, 0.4) is 0 Å². The lowest BCUT2D eigenvalue weighted by atomic mass is 9.94. The quantitative estimate of drug-likeness (QED) is 0.864. The van der Waals surface area contributed by atoms with E-state index in [4.69, 9.17) is 0 Å². The van der Waals surface area contributed by atoms with E-state index in [1.54, 1.807) is 0 Å². The number of hydrogen-bond donors (Lipinski definition) is 1. The van der Waals surface area contributed by atoms with Crippen molar-refractivity contribution in [3.63, 3.8) is 0 Å². The van der Waals surface area contributed by atoms with E-state index in [1.165, 1.54) is 18.5 Å². The fraction of sp³-hybridized carbons (Fsp3) is 0.824. The van der Waals surface area contributed by atoms with Crippen LogP contribution in [0.2, 0.25) is 0 Å². The van der Waals surface area contributed by atoms with Crippen LogP contribution in [0, 0.1) is 0 Å². The van der Waals surface area contributed by atoms with Gasteiger partial charge in [0.15, 0.2) is 0 Å². The summed E-state index contributed by atoms with van der Waals surface area (Å²) in [6.45, 7) is 4.08. The molecule has 1 heterocycles. The highest BCUT2D eigenvalue weighted by Crippen LogP contribution is 2.34. The number of carbonyl (C=O) groups is 1. The molecule has 2 aliphatic carbocycles. The average Bonchev–Trinajstić information content (AvgIpc) is 3.27. The van der Waals surface area contributed by atoms with E-state index >= 15 is 0 Å². The molecule has 3 rings (SSSR count). The fourth-order valence-electron chi connectivity index (χ4n) is 3.43. The minimum absolute atomic E-state index is 0.271. The molecule has 2 fully saturated rings. The molecule has 0 aromatic rings. The maximum absolute atomic E-state index is 12.7. The standard InChI is InChI=1S/C17H28N2O2/c1-17(21)9-11-18(12-10-17)13-16(20)19(15-7-8-15)14-5-3-2-4-6-14/h5,15,21H,2-4,6-13H2,1H3. The average molecular weight is 292 g/mol. The van der Waals surface area contributed by atoms with E-state index in [2.05, 4.69) is 15.9 Å². The first-order chi connectivity index (χ1) is 10.1. The molecule has 21 heavy (non-hydrogen) atoms. The Kier molecular flexibility index (Phi) is 4.36. The highest BCUT2D eigenvalue weighted by atomic mass is 16.3. The minimum Gasteiger partial charge on any atom is -0.390 e. The van der Waals surface area contributed by atoms with Gasteiger partial charge in [-0.3, -0.25) is 9.69 Å². The van der Waals surface area contributed by atoms with Crippen LogP contribution in [0.4, 0.5) is 0 Å². The van der Waals surface area contributed by atoms with E-state index < -0.39 is 5.60 Å². The number of amides is 1. The maximum Gasteiger partial charge on any atom is 0.241 e. The second-order valence-corrected chi connectivity index (χ2v) is 7.21. The Morgan fingerprint density at radius 3 is 2.67 bits per heavy atom. The topological polar surface area (TPSA) is 43.8 Å². The summed E-state index contributed by atoms with van der Waals surface area (Å²) in [5.41, 5.74) is 0.736. The molecule has 0 aromatic heterocycles. The van der Waals surface area contributed by atoms with Gasteiger partial charge in [-0.15, -0.1) is 0 Å². The largest absolute Gasteiger partial charge is 0.390 e. The van der Waals surface area contributed by atoms with Crippen LogP contribution in [-0.4, -0.2) is 52.1 Å². The second-order valence-electron chi connectivity index (χ2n) is 7.21. The van der Waals surface area contributed by atoms with Gasteiger partial charge in [-0.2, -0.15) is 0 Å². The molecule has 0 aromatic carbocycles. The summed E-state index contributed by atoms with van der Waals surface area (Å²) in [4.78, 5) is 17.0. The van der Waals surface area contributed by atoms with Gasteiger partial charge in [-0.1, -0.05) is 6.08 Å². The second kappa shape index (κ2) is 6.09. The Morgan fingerprint density at radius 2 is 2.10 bits per heavy atom. The van der Waals surface area contributed by atoms with Crippen molar-refractivity contribution in [2.24, 2.45) is 0 Å². The third kappa shape index (κ3) is 3.86. The van der Waals surface area contributed by atoms with Crippen molar-refractivity contribution < 1.29 is 9.90 Å². The summed E-state index contributed by atoms with van der Waals surface area (Å²) in [6.07, 6.45) is 10.8. The van der Waals surface area contributed by atoms with E-state index in [0.29, 0.717) is 12.6 Å². The molecular weight excluding hydrogens is 264 g/mol. The van der Waals surface area contributed by atoms with Crippen LogP contribution in [0.5, 0.6) is 0 Å². The van der Waals surface area contributed by atoms with Gasteiger partial charge in [-0.05, 0) is 58.3 Å². The van der Waals surface area contributed by atoms with Crippen LogP contribution in [-0.2, 0) is 4.79 Å². The van der Waals surface area contributed by atoms with E-state index in [-0.39, 0.29) is 5.91 Å². The number of piperidine rings is 1. The molecule has 1 saturated carbocycles. The number of aliphatic hydroxyl groups is 1. The summed E-state index contributed by atoms with van der Waals surface area (Å²) in [6, 6.07) is 0.467. The van der Waals surface area contributed by atoms with Gasteiger partial charge in [0, 0.05) is 24.8 Å². The normalized spacial score (nSPS) is 26.3. The molecule has 0 spiro atoms. The Morgan fingerprint density at radius 1 is 1.38 bits per heavy atom. The molecule has 118 valence electrons. The van der Waals surface area contributed by atoms with Crippen molar-refractivity contribution in [2.45, 2.75) is 69.9 Å². The monoisotopic (exact) mass is 292 g/mol.